The minimum Gasteiger partial charge on any atom is -0.456 e. The number of hydrogen-bond donors (Lipinski definition) is 0. The Morgan fingerprint density at radius 2 is 0.935 bits per heavy atom. The Morgan fingerprint density at radius 1 is 0.419 bits per heavy atom. The second-order valence-corrected chi connectivity index (χ2v) is 7.35. The summed E-state index contributed by atoms with van der Waals surface area (Å²) in [4.78, 5) is 14.3. The molecule has 0 amide bonds. The fraction of sp³-hybridized carbons (Fsp3) is 0. The minimum atomic E-state index is 0.620. The van der Waals surface area contributed by atoms with Crippen molar-refractivity contribution in [2.24, 2.45) is 0 Å². The zero-order chi connectivity index (χ0) is 20.6. The third-order valence-electron chi connectivity index (χ3n) is 5.34. The monoisotopic (exact) mass is 399 g/mol. The van der Waals surface area contributed by atoms with Gasteiger partial charge in [-0.25, -0.2) is 15.0 Å². The normalized spacial score (nSPS) is 11.2. The first kappa shape index (κ1) is 17.5. The van der Waals surface area contributed by atoms with Crippen LogP contribution in [0.15, 0.2) is 108 Å². The zero-order valence-corrected chi connectivity index (χ0v) is 16.6. The van der Waals surface area contributed by atoms with Gasteiger partial charge in [-0.15, -0.1) is 0 Å². The number of hydrogen-bond acceptors (Lipinski definition) is 4. The van der Waals surface area contributed by atoms with Crippen LogP contribution in [0.1, 0.15) is 0 Å². The quantitative estimate of drug-likeness (QED) is 0.329. The summed E-state index contributed by atoms with van der Waals surface area (Å²) in [6.45, 7) is 0. The van der Waals surface area contributed by atoms with Gasteiger partial charge < -0.3 is 4.42 Å². The van der Waals surface area contributed by atoms with Gasteiger partial charge >= 0.3 is 0 Å². The van der Waals surface area contributed by atoms with Crippen molar-refractivity contribution in [1.29, 1.82) is 0 Å². The summed E-state index contributed by atoms with van der Waals surface area (Å²) in [5.41, 5.74) is 4.49. The molecule has 2 aromatic heterocycles. The molecule has 6 aromatic rings. The predicted octanol–water partition coefficient (Wildman–Crippen LogP) is 6.77. The molecule has 4 heteroatoms. The molecule has 0 atom stereocenters. The van der Waals surface area contributed by atoms with E-state index >= 15 is 0 Å². The van der Waals surface area contributed by atoms with Gasteiger partial charge in [0.25, 0.3) is 0 Å². The van der Waals surface area contributed by atoms with Crippen molar-refractivity contribution >= 4 is 21.9 Å². The van der Waals surface area contributed by atoms with Gasteiger partial charge in [-0.1, -0.05) is 84.9 Å². The van der Waals surface area contributed by atoms with Gasteiger partial charge in [-0.2, -0.15) is 0 Å². The Hall–Kier alpha value is -4.31. The SMILES string of the molecule is c1ccc(-c2nc(-c3ccccc3)nc(-c3ccc4c(c3)oc3ccccc34)n2)cc1. The molecule has 4 nitrogen and oxygen atoms in total. The molecule has 0 aliphatic carbocycles. The van der Waals surface area contributed by atoms with E-state index in [9.17, 15) is 0 Å². The molecule has 0 spiro atoms. The van der Waals surface area contributed by atoms with Crippen LogP contribution in [0.2, 0.25) is 0 Å². The molecule has 146 valence electrons. The van der Waals surface area contributed by atoms with E-state index < -0.39 is 0 Å². The molecule has 0 bridgehead atoms. The van der Waals surface area contributed by atoms with Crippen molar-refractivity contribution in [2.75, 3.05) is 0 Å². The summed E-state index contributed by atoms with van der Waals surface area (Å²) in [7, 11) is 0. The van der Waals surface area contributed by atoms with Gasteiger partial charge in [0.15, 0.2) is 17.5 Å². The topological polar surface area (TPSA) is 51.8 Å². The highest BCUT2D eigenvalue weighted by Crippen LogP contribution is 2.32. The Labute approximate surface area is 178 Å². The summed E-state index contributed by atoms with van der Waals surface area (Å²) in [6, 6.07) is 34.2. The van der Waals surface area contributed by atoms with Gasteiger partial charge in [0.1, 0.15) is 11.2 Å². The smallest absolute Gasteiger partial charge is 0.164 e. The molecule has 0 aliphatic heterocycles. The first-order valence-corrected chi connectivity index (χ1v) is 10.1. The maximum absolute atomic E-state index is 6.07. The predicted molar refractivity (Wildman–Crippen MR) is 123 cm³/mol. The number of rotatable bonds is 3. The molecule has 0 saturated carbocycles. The van der Waals surface area contributed by atoms with E-state index in [1.54, 1.807) is 0 Å². The Balaban J connectivity index is 1.56. The third kappa shape index (κ3) is 3.15. The maximum Gasteiger partial charge on any atom is 0.164 e. The molecular weight excluding hydrogens is 382 g/mol. The van der Waals surface area contributed by atoms with Crippen LogP contribution in [0.3, 0.4) is 0 Å². The van der Waals surface area contributed by atoms with Gasteiger partial charge in [-0.05, 0) is 18.2 Å². The summed E-state index contributed by atoms with van der Waals surface area (Å²) >= 11 is 0. The van der Waals surface area contributed by atoms with E-state index in [1.165, 1.54) is 0 Å². The molecule has 2 heterocycles. The van der Waals surface area contributed by atoms with Crippen molar-refractivity contribution in [3.63, 3.8) is 0 Å². The first-order chi connectivity index (χ1) is 15.3. The average Bonchev–Trinajstić information content (AvgIpc) is 3.23. The number of furan rings is 1. The molecule has 6 rings (SSSR count). The maximum atomic E-state index is 6.07. The molecule has 4 aromatic carbocycles. The minimum absolute atomic E-state index is 0.620. The molecule has 0 N–H and O–H groups in total. The Bertz CT molecular complexity index is 1460. The Kier molecular flexibility index (Phi) is 4.06. The zero-order valence-electron chi connectivity index (χ0n) is 16.6. The van der Waals surface area contributed by atoms with E-state index in [1.807, 2.05) is 91.0 Å². The molecule has 0 saturated heterocycles. The van der Waals surface area contributed by atoms with Crippen molar-refractivity contribution in [3.8, 4) is 34.2 Å². The van der Waals surface area contributed by atoms with Crippen molar-refractivity contribution in [1.82, 2.24) is 15.0 Å². The summed E-state index contributed by atoms with van der Waals surface area (Å²) < 4.78 is 6.07. The van der Waals surface area contributed by atoms with E-state index in [0.29, 0.717) is 17.5 Å². The largest absolute Gasteiger partial charge is 0.456 e. The van der Waals surface area contributed by atoms with Crippen LogP contribution >= 0.6 is 0 Å². The van der Waals surface area contributed by atoms with Crippen LogP contribution in [0.4, 0.5) is 0 Å². The highest BCUT2D eigenvalue weighted by atomic mass is 16.3. The van der Waals surface area contributed by atoms with Crippen LogP contribution in [0.5, 0.6) is 0 Å². The Morgan fingerprint density at radius 3 is 1.58 bits per heavy atom. The molecular formula is C27H17N3O. The lowest BCUT2D eigenvalue weighted by atomic mass is 10.1. The van der Waals surface area contributed by atoms with Crippen molar-refractivity contribution in [2.45, 2.75) is 0 Å². The van der Waals surface area contributed by atoms with E-state index in [2.05, 4.69) is 12.1 Å². The molecule has 0 fully saturated rings. The van der Waals surface area contributed by atoms with Gasteiger partial charge in [0.05, 0.1) is 0 Å². The summed E-state index contributed by atoms with van der Waals surface area (Å²) in [5, 5.41) is 2.19. The molecule has 0 unspecified atom stereocenters. The van der Waals surface area contributed by atoms with Crippen molar-refractivity contribution in [3.05, 3.63) is 103 Å². The lowest BCUT2D eigenvalue weighted by Gasteiger charge is -2.08. The fourth-order valence-electron chi connectivity index (χ4n) is 3.80. The number of benzene rings is 4. The summed E-state index contributed by atoms with van der Waals surface area (Å²) in [5.74, 6) is 1.92. The molecule has 0 aliphatic rings. The lowest BCUT2D eigenvalue weighted by Crippen LogP contribution is -2.00. The highest BCUT2D eigenvalue weighted by molar-refractivity contribution is 6.05. The number of fused-ring (bicyclic) bond motifs is 3. The van der Waals surface area contributed by atoms with Crippen LogP contribution < -0.4 is 0 Å². The van der Waals surface area contributed by atoms with E-state index in [0.717, 1.165) is 38.6 Å². The van der Waals surface area contributed by atoms with Crippen LogP contribution in [-0.4, -0.2) is 15.0 Å². The van der Waals surface area contributed by atoms with E-state index in [4.69, 9.17) is 19.4 Å². The van der Waals surface area contributed by atoms with Crippen molar-refractivity contribution < 1.29 is 4.42 Å². The molecule has 0 radical (unpaired) electrons. The van der Waals surface area contributed by atoms with Crippen LogP contribution in [0.25, 0.3) is 56.1 Å². The average molecular weight is 399 g/mol. The highest BCUT2D eigenvalue weighted by Gasteiger charge is 2.14. The number of para-hydroxylation sites is 1. The van der Waals surface area contributed by atoms with Gasteiger partial charge in [0, 0.05) is 27.5 Å². The third-order valence-corrected chi connectivity index (χ3v) is 5.34. The van der Waals surface area contributed by atoms with Gasteiger partial charge in [0.2, 0.25) is 0 Å². The number of nitrogens with zero attached hydrogens (tertiary/aromatic N) is 3. The first-order valence-electron chi connectivity index (χ1n) is 10.1. The lowest BCUT2D eigenvalue weighted by molar-refractivity contribution is 0.669. The van der Waals surface area contributed by atoms with E-state index in [-0.39, 0.29) is 0 Å². The fourth-order valence-corrected chi connectivity index (χ4v) is 3.80. The van der Waals surface area contributed by atoms with Crippen LogP contribution in [0, 0.1) is 0 Å². The van der Waals surface area contributed by atoms with Crippen LogP contribution in [-0.2, 0) is 0 Å². The molecule has 31 heavy (non-hydrogen) atoms. The second kappa shape index (κ2) is 7.18. The van der Waals surface area contributed by atoms with Gasteiger partial charge in [-0.3, -0.25) is 0 Å². The summed E-state index contributed by atoms with van der Waals surface area (Å²) in [6.07, 6.45) is 0. The second-order valence-electron chi connectivity index (χ2n) is 7.35. The number of aromatic nitrogens is 3. The standard InChI is InChI=1S/C27H17N3O/c1-3-9-18(10-4-1)25-28-26(19-11-5-2-6-12-19)30-27(29-25)20-15-16-22-21-13-7-8-14-23(21)31-24(22)17-20/h1-17H.